The second-order valence-corrected chi connectivity index (χ2v) is 3.76. The van der Waals surface area contributed by atoms with Gasteiger partial charge >= 0.3 is 0 Å². The van der Waals surface area contributed by atoms with Crippen LogP contribution in [0.3, 0.4) is 0 Å². The molecule has 0 unspecified atom stereocenters. The number of hydrogen-bond acceptors (Lipinski definition) is 1. The highest BCUT2D eigenvalue weighted by atomic mass is 16.1. The molecule has 0 saturated carbocycles. The number of carbonyl (C=O) groups excluding carboxylic acids is 1. The molecule has 0 aliphatic heterocycles. The first kappa shape index (κ1) is 13.2. The highest BCUT2D eigenvalue weighted by Gasteiger charge is 1.98. The summed E-state index contributed by atoms with van der Waals surface area (Å²) in [5.41, 5.74) is 1.96. The van der Waals surface area contributed by atoms with Crippen molar-refractivity contribution < 1.29 is 4.79 Å². The second-order valence-electron chi connectivity index (χ2n) is 3.76. The third-order valence-electron chi connectivity index (χ3n) is 2.46. The summed E-state index contributed by atoms with van der Waals surface area (Å²) in [5.74, 6) is 0.167. The van der Waals surface area contributed by atoms with Crippen LogP contribution in [-0.2, 0) is 4.79 Å². The Bertz CT molecular complexity index is 234. The van der Waals surface area contributed by atoms with Crippen molar-refractivity contribution in [1.29, 1.82) is 0 Å². The van der Waals surface area contributed by atoms with Crippen LogP contribution >= 0.6 is 0 Å². The highest BCUT2D eigenvalue weighted by molar-refractivity contribution is 5.93. The molecular formula is C13H22O. The van der Waals surface area contributed by atoms with Crippen LogP contribution in [0.25, 0.3) is 0 Å². The van der Waals surface area contributed by atoms with E-state index in [4.69, 9.17) is 0 Å². The average molecular weight is 194 g/mol. The first-order valence-corrected chi connectivity index (χ1v) is 5.44. The van der Waals surface area contributed by atoms with Gasteiger partial charge in [0.15, 0.2) is 5.78 Å². The van der Waals surface area contributed by atoms with E-state index < -0.39 is 0 Å². The molecule has 0 aromatic heterocycles. The molecule has 0 spiro atoms. The van der Waals surface area contributed by atoms with Gasteiger partial charge in [-0.05, 0) is 44.8 Å². The molecule has 0 bridgehead atoms. The van der Waals surface area contributed by atoms with E-state index in [1.807, 2.05) is 13.8 Å². The van der Waals surface area contributed by atoms with Gasteiger partial charge in [-0.3, -0.25) is 4.79 Å². The van der Waals surface area contributed by atoms with Gasteiger partial charge in [-0.2, -0.15) is 0 Å². The van der Waals surface area contributed by atoms with E-state index >= 15 is 0 Å². The summed E-state index contributed by atoms with van der Waals surface area (Å²) >= 11 is 0. The molecule has 1 heteroatoms. The largest absolute Gasteiger partial charge is 0.295 e. The lowest BCUT2D eigenvalue weighted by Crippen LogP contribution is -1.93. The number of Topliss-reactive ketones (excluding diaryl/α,β-unsaturated/α-hetero) is 1. The Morgan fingerprint density at radius 1 is 1.14 bits per heavy atom. The predicted molar refractivity (Wildman–Crippen MR) is 62.3 cm³/mol. The SMILES string of the molecule is CCCCCC=CC(C)=C(C)C(C)=O. The fourth-order valence-electron chi connectivity index (χ4n) is 1.17. The summed E-state index contributed by atoms with van der Waals surface area (Å²) in [6.07, 6.45) is 9.15. The lowest BCUT2D eigenvalue weighted by molar-refractivity contribution is -0.113. The molecular weight excluding hydrogens is 172 g/mol. The van der Waals surface area contributed by atoms with Gasteiger partial charge in [-0.25, -0.2) is 0 Å². The van der Waals surface area contributed by atoms with E-state index in [-0.39, 0.29) is 5.78 Å². The van der Waals surface area contributed by atoms with Gasteiger partial charge in [0.25, 0.3) is 0 Å². The van der Waals surface area contributed by atoms with Crippen LogP contribution in [0, 0.1) is 0 Å². The fourth-order valence-corrected chi connectivity index (χ4v) is 1.17. The Morgan fingerprint density at radius 2 is 1.79 bits per heavy atom. The summed E-state index contributed by atoms with van der Waals surface area (Å²) in [6, 6.07) is 0. The van der Waals surface area contributed by atoms with E-state index in [1.54, 1.807) is 6.92 Å². The molecule has 0 aliphatic rings. The molecule has 0 N–H and O–H groups in total. The van der Waals surface area contributed by atoms with Crippen molar-refractivity contribution >= 4 is 5.78 Å². The maximum Gasteiger partial charge on any atom is 0.155 e. The van der Waals surface area contributed by atoms with Gasteiger partial charge in [-0.15, -0.1) is 0 Å². The van der Waals surface area contributed by atoms with Gasteiger partial charge in [0, 0.05) is 0 Å². The summed E-state index contributed by atoms with van der Waals surface area (Å²) in [5, 5.41) is 0. The second kappa shape index (κ2) is 7.54. The first-order valence-electron chi connectivity index (χ1n) is 5.44. The zero-order chi connectivity index (χ0) is 11.0. The highest BCUT2D eigenvalue weighted by Crippen LogP contribution is 2.07. The number of carbonyl (C=O) groups is 1. The van der Waals surface area contributed by atoms with Gasteiger partial charge < -0.3 is 0 Å². The minimum atomic E-state index is 0.167. The maximum atomic E-state index is 11.0. The lowest BCUT2D eigenvalue weighted by atomic mass is 10.1. The van der Waals surface area contributed by atoms with E-state index in [1.165, 1.54) is 19.3 Å². The lowest BCUT2D eigenvalue weighted by Gasteiger charge is -1.98. The summed E-state index contributed by atoms with van der Waals surface area (Å²) in [7, 11) is 0. The Labute approximate surface area is 87.9 Å². The van der Waals surface area contributed by atoms with Crippen molar-refractivity contribution in [2.45, 2.75) is 53.4 Å². The third kappa shape index (κ3) is 5.74. The number of ketones is 1. The van der Waals surface area contributed by atoms with Crippen LogP contribution in [0.4, 0.5) is 0 Å². The monoisotopic (exact) mass is 194 g/mol. The van der Waals surface area contributed by atoms with Crippen LogP contribution in [-0.4, -0.2) is 5.78 Å². The number of allylic oxidation sites excluding steroid dienone is 4. The Hall–Kier alpha value is -0.850. The summed E-state index contributed by atoms with van der Waals surface area (Å²) < 4.78 is 0. The molecule has 0 radical (unpaired) electrons. The molecule has 0 atom stereocenters. The molecule has 0 rings (SSSR count). The topological polar surface area (TPSA) is 17.1 Å². The molecule has 0 heterocycles. The average Bonchev–Trinajstić information content (AvgIpc) is 2.16. The van der Waals surface area contributed by atoms with Gasteiger partial charge in [0.1, 0.15) is 0 Å². The molecule has 0 aromatic carbocycles. The van der Waals surface area contributed by atoms with E-state index in [9.17, 15) is 4.79 Å². The van der Waals surface area contributed by atoms with E-state index in [0.717, 1.165) is 17.6 Å². The molecule has 0 aromatic rings. The Balaban J connectivity index is 3.98. The van der Waals surface area contributed by atoms with E-state index in [0.29, 0.717) is 0 Å². The van der Waals surface area contributed by atoms with Crippen LogP contribution in [0.5, 0.6) is 0 Å². The quantitative estimate of drug-likeness (QED) is 0.354. The van der Waals surface area contributed by atoms with Crippen molar-refractivity contribution in [2.24, 2.45) is 0 Å². The molecule has 0 amide bonds. The molecule has 0 aliphatic carbocycles. The van der Waals surface area contributed by atoms with Crippen molar-refractivity contribution in [1.82, 2.24) is 0 Å². The first-order chi connectivity index (χ1) is 6.59. The van der Waals surface area contributed by atoms with Crippen LogP contribution in [0.15, 0.2) is 23.3 Å². The van der Waals surface area contributed by atoms with Crippen molar-refractivity contribution in [3.05, 3.63) is 23.3 Å². The van der Waals surface area contributed by atoms with Crippen LogP contribution in [0.1, 0.15) is 53.4 Å². The standard InChI is InChI=1S/C13H22O/c1-5-6-7-8-9-10-11(2)12(3)13(4)14/h9-10H,5-8H2,1-4H3. The summed E-state index contributed by atoms with van der Waals surface area (Å²) in [6.45, 7) is 7.69. The van der Waals surface area contributed by atoms with Crippen molar-refractivity contribution in [3.63, 3.8) is 0 Å². The molecule has 14 heavy (non-hydrogen) atoms. The molecule has 80 valence electrons. The zero-order valence-electron chi connectivity index (χ0n) is 9.89. The Morgan fingerprint density at radius 3 is 2.29 bits per heavy atom. The molecule has 1 nitrogen and oxygen atoms in total. The van der Waals surface area contributed by atoms with Crippen LogP contribution in [0.2, 0.25) is 0 Å². The van der Waals surface area contributed by atoms with E-state index in [2.05, 4.69) is 19.1 Å². The molecule has 0 fully saturated rings. The van der Waals surface area contributed by atoms with Gasteiger partial charge in [0.2, 0.25) is 0 Å². The van der Waals surface area contributed by atoms with Crippen molar-refractivity contribution in [2.75, 3.05) is 0 Å². The fraction of sp³-hybridized carbons (Fsp3) is 0.615. The number of rotatable bonds is 6. The Kier molecular flexibility index (Phi) is 7.09. The van der Waals surface area contributed by atoms with Gasteiger partial charge in [-0.1, -0.05) is 31.9 Å². The third-order valence-corrected chi connectivity index (χ3v) is 2.46. The van der Waals surface area contributed by atoms with Gasteiger partial charge in [0.05, 0.1) is 0 Å². The van der Waals surface area contributed by atoms with Crippen molar-refractivity contribution in [3.8, 4) is 0 Å². The minimum absolute atomic E-state index is 0.167. The zero-order valence-corrected chi connectivity index (χ0v) is 9.89. The normalized spacial score (nSPS) is 13.1. The maximum absolute atomic E-state index is 11.0. The number of unbranched alkanes of at least 4 members (excludes halogenated alkanes) is 3. The minimum Gasteiger partial charge on any atom is -0.295 e. The predicted octanol–water partition coefficient (Wildman–Crippen LogP) is 4.05. The number of hydrogen-bond donors (Lipinski definition) is 0. The smallest absolute Gasteiger partial charge is 0.155 e. The molecule has 0 saturated heterocycles. The summed E-state index contributed by atoms with van der Waals surface area (Å²) in [4.78, 5) is 11.0. The van der Waals surface area contributed by atoms with Crippen LogP contribution < -0.4 is 0 Å².